The average molecular weight is 217 g/mol. The van der Waals surface area contributed by atoms with E-state index in [9.17, 15) is 0 Å². The van der Waals surface area contributed by atoms with Crippen molar-refractivity contribution in [1.29, 1.82) is 0 Å². The van der Waals surface area contributed by atoms with Crippen LogP contribution in [-0.4, -0.2) is 18.0 Å². The number of piperidine rings is 1. The van der Waals surface area contributed by atoms with Gasteiger partial charge in [0.05, 0.1) is 0 Å². The maximum absolute atomic E-state index is 4.02. The fourth-order valence-electron chi connectivity index (χ4n) is 4.02. The highest BCUT2D eigenvalue weighted by molar-refractivity contribution is 5.27. The van der Waals surface area contributed by atoms with Gasteiger partial charge in [0.15, 0.2) is 0 Å². The van der Waals surface area contributed by atoms with Crippen LogP contribution in [0.4, 0.5) is 0 Å². The number of rotatable bonds is 3. The normalized spacial score (nSPS) is 45.5. The zero-order valence-electron chi connectivity index (χ0n) is 10.6. The third-order valence-corrected chi connectivity index (χ3v) is 5.18. The van der Waals surface area contributed by atoms with E-state index in [1.807, 2.05) is 0 Å². The number of hydrogen-bond acceptors (Lipinski definition) is 1. The van der Waals surface area contributed by atoms with Gasteiger partial charge < -0.3 is 4.90 Å². The van der Waals surface area contributed by atoms with Crippen LogP contribution in [0.5, 0.6) is 0 Å². The zero-order chi connectivity index (χ0) is 11.3. The lowest BCUT2D eigenvalue weighted by molar-refractivity contribution is 0.122. The van der Waals surface area contributed by atoms with Crippen molar-refractivity contribution in [1.82, 2.24) is 4.90 Å². The zero-order valence-corrected chi connectivity index (χ0v) is 10.6. The third-order valence-electron chi connectivity index (χ3n) is 5.18. The number of allylic oxidation sites excluding steroid dienone is 2. The molecular formula is C15H23N. The van der Waals surface area contributed by atoms with Gasteiger partial charge in [-0.25, -0.2) is 0 Å². The van der Waals surface area contributed by atoms with Gasteiger partial charge in [-0.2, -0.15) is 0 Å². The van der Waals surface area contributed by atoms with Crippen molar-refractivity contribution in [3.8, 4) is 0 Å². The molecule has 1 heteroatoms. The van der Waals surface area contributed by atoms with Gasteiger partial charge >= 0.3 is 0 Å². The Bertz CT molecular complexity index is 333. The summed E-state index contributed by atoms with van der Waals surface area (Å²) in [4.78, 5) is 2.64. The molecule has 0 aromatic carbocycles. The van der Waals surface area contributed by atoms with Crippen molar-refractivity contribution < 1.29 is 0 Å². The first-order valence-electron chi connectivity index (χ1n) is 6.78. The van der Waals surface area contributed by atoms with Crippen LogP contribution in [0.2, 0.25) is 0 Å². The molecule has 0 radical (unpaired) electrons. The summed E-state index contributed by atoms with van der Waals surface area (Å²) in [7, 11) is 0. The van der Waals surface area contributed by atoms with Crippen LogP contribution in [0, 0.1) is 23.2 Å². The molecular weight excluding hydrogens is 194 g/mol. The van der Waals surface area contributed by atoms with Crippen LogP contribution < -0.4 is 0 Å². The second-order valence-electron chi connectivity index (χ2n) is 5.90. The van der Waals surface area contributed by atoms with E-state index in [2.05, 4.69) is 37.5 Å². The second kappa shape index (κ2) is 3.38. The molecule has 3 rings (SSSR count). The quantitative estimate of drug-likeness (QED) is 0.655. The monoisotopic (exact) mass is 217 g/mol. The standard InChI is InChI=1S/C15H23N/c1-4-11-8-15(13-7-14(13)15)10-16(9-11)12(5-2)6-3/h4-5,11,13-14H,1,6-10H2,2-3H3/b12-5+/t11?,13-,14-/m1/s1. The van der Waals surface area contributed by atoms with Crippen molar-refractivity contribution in [2.75, 3.05) is 13.1 Å². The minimum absolute atomic E-state index is 0.723. The van der Waals surface area contributed by atoms with Crippen LogP contribution in [0.3, 0.4) is 0 Å². The van der Waals surface area contributed by atoms with Gasteiger partial charge in [-0.05, 0) is 49.4 Å². The van der Waals surface area contributed by atoms with E-state index in [1.54, 1.807) is 0 Å². The van der Waals surface area contributed by atoms with E-state index < -0.39 is 0 Å². The minimum Gasteiger partial charge on any atom is -0.374 e. The van der Waals surface area contributed by atoms with Gasteiger partial charge in [0, 0.05) is 18.8 Å². The smallest absolute Gasteiger partial charge is 0.0238 e. The molecule has 0 amide bonds. The Morgan fingerprint density at radius 3 is 2.69 bits per heavy atom. The molecule has 88 valence electrons. The maximum atomic E-state index is 4.02. The summed E-state index contributed by atoms with van der Waals surface area (Å²) in [5.41, 5.74) is 2.26. The maximum Gasteiger partial charge on any atom is 0.0238 e. The molecule has 2 saturated carbocycles. The Kier molecular flexibility index (Phi) is 2.21. The fourth-order valence-corrected chi connectivity index (χ4v) is 4.02. The molecule has 0 aromatic rings. The van der Waals surface area contributed by atoms with Gasteiger partial charge in [0.1, 0.15) is 0 Å². The predicted molar refractivity (Wildman–Crippen MR) is 68.0 cm³/mol. The fraction of sp³-hybridized carbons (Fsp3) is 0.733. The number of hydrogen-bond donors (Lipinski definition) is 0. The molecule has 3 atom stereocenters. The van der Waals surface area contributed by atoms with Crippen molar-refractivity contribution in [3.63, 3.8) is 0 Å². The SMILES string of the molecule is C=CC1CN(/C(=C/C)CC)CC2(C1)[C@@H]1C[C@H]12. The number of likely N-dealkylation sites (tertiary alicyclic amines) is 1. The summed E-state index contributed by atoms with van der Waals surface area (Å²) in [6.07, 6.45) is 8.60. The van der Waals surface area contributed by atoms with Gasteiger partial charge in [-0.3, -0.25) is 0 Å². The summed E-state index contributed by atoms with van der Waals surface area (Å²) in [6.45, 7) is 11.0. The molecule has 1 heterocycles. The first-order valence-corrected chi connectivity index (χ1v) is 6.78. The van der Waals surface area contributed by atoms with E-state index in [0.717, 1.165) is 23.2 Å². The summed E-state index contributed by atoms with van der Waals surface area (Å²) < 4.78 is 0. The third kappa shape index (κ3) is 1.30. The highest BCUT2D eigenvalue weighted by Crippen LogP contribution is 2.80. The molecule has 1 nitrogen and oxygen atoms in total. The summed E-state index contributed by atoms with van der Waals surface area (Å²) in [5, 5.41) is 0. The summed E-state index contributed by atoms with van der Waals surface area (Å²) in [5.74, 6) is 2.91. The summed E-state index contributed by atoms with van der Waals surface area (Å²) >= 11 is 0. The van der Waals surface area contributed by atoms with Crippen molar-refractivity contribution >= 4 is 0 Å². The first-order chi connectivity index (χ1) is 7.75. The van der Waals surface area contributed by atoms with Gasteiger partial charge in [0.25, 0.3) is 0 Å². The first kappa shape index (κ1) is 10.4. The Morgan fingerprint density at radius 1 is 1.50 bits per heavy atom. The Labute approximate surface area is 99.2 Å². The van der Waals surface area contributed by atoms with Gasteiger partial charge in [0.2, 0.25) is 0 Å². The molecule has 1 spiro atoms. The number of nitrogens with zero attached hydrogens (tertiary/aromatic N) is 1. The molecule has 0 bridgehead atoms. The molecule has 1 aliphatic heterocycles. The lowest BCUT2D eigenvalue weighted by Gasteiger charge is -2.42. The Balaban J connectivity index is 1.77. The highest BCUT2D eigenvalue weighted by atomic mass is 15.2. The topological polar surface area (TPSA) is 3.24 Å². The van der Waals surface area contributed by atoms with Crippen molar-refractivity contribution in [2.45, 2.75) is 33.1 Å². The second-order valence-corrected chi connectivity index (χ2v) is 5.90. The average Bonchev–Trinajstić information content (AvgIpc) is 3.20. The van der Waals surface area contributed by atoms with Gasteiger partial charge in [-0.1, -0.05) is 19.1 Å². The van der Waals surface area contributed by atoms with E-state index in [0.29, 0.717) is 0 Å². The molecule has 0 N–H and O–H groups in total. The van der Waals surface area contributed by atoms with Crippen LogP contribution in [0.1, 0.15) is 33.1 Å². The van der Waals surface area contributed by atoms with Crippen LogP contribution in [-0.2, 0) is 0 Å². The lowest BCUT2D eigenvalue weighted by Crippen LogP contribution is -2.43. The molecule has 0 aromatic heterocycles. The van der Waals surface area contributed by atoms with Crippen molar-refractivity contribution in [3.05, 3.63) is 24.4 Å². The van der Waals surface area contributed by atoms with Crippen molar-refractivity contribution in [2.24, 2.45) is 23.2 Å². The van der Waals surface area contributed by atoms with Crippen LogP contribution in [0.25, 0.3) is 0 Å². The molecule has 3 aliphatic rings. The van der Waals surface area contributed by atoms with Gasteiger partial charge in [-0.15, -0.1) is 6.58 Å². The molecule has 1 unspecified atom stereocenters. The molecule has 16 heavy (non-hydrogen) atoms. The van der Waals surface area contributed by atoms with E-state index in [4.69, 9.17) is 0 Å². The van der Waals surface area contributed by atoms with Crippen LogP contribution >= 0.6 is 0 Å². The van der Waals surface area contributed by atoms with E-state index in [-0.39, 0.29) is 0 Å². The predicted octanol–water partition coefficient (Wildman–Crippen LogP) is 3.44. The highest BCUT2D eigenvalue weighted by Gasteiger charge is 2.76. The lowest BCUT2D eigenvalue weighted by atomic mass is 9.79. The molecule has 3 fully saturated rings. The Hall–Kier alpha value is -0.720. The van der Waals surface area contributed by atoms with Crippen LogP contribution in [0.15, 0.2) is 24.4 Å². The summed E-state index contributed by atoms with van der Waals surface area (Å²) in [6, 6.07) is 0. The largest absolute Gasteiger partial charge is 0.374 e. The van der Waals surface area contributed by atoms with E-state index in [1.165, 1.54) is 38.0 Å². The van der Waals surface area contributed by atoms with E-state index >= 15 is 0 Å². The molecule has 2 aliphatic carbocycles. The Morgan fingerprint density at radius 2 is 2.25 bits per heavy atom. The molecule has 1 saturated heterocycles. The number of fused-ring (bicyclic) bond motifs is 3. The minimum atomic E-state index is 0.723.